The van der Waals surface area contributed by atoms with Crippen molar-refractivity contribution in [3.05, 3.63) is 34.9 Å². The molecular weight excluding hydrogens is 220 g/mol. The highest BCUT2D eigenvalue weighted by Crippen LogP contribution is 2.42. The lowest BCUT2D eigenvalue weighted by Gasteiger charge is -2.20. The van der Waals surface area contributed by atoms with E-state index in [1.54, 1.807) is 6.92 Å². The first kappa shape index (κ1) is 12.5. The van der Waals surface area contributed by atoms with Gasteiger partial charge in [0.1, 0.15) is 11.6 Å². The fraction of sp³-hybridized carbons (Fsp3) is 0.571. The zero-order valence-corrected chi connectivity index (χ0v) is 10.4. The molecule has 1 fully saturated rings. The van der Waals surface area contributed by atoms with Crippen LogP contribution in [0.4, 0.5) is 8.78 Å². The molecule has 1 aliphatic rings. The average molecular weight is 239 g/mol. The van der Waals surface area contributed by atoms with Crippen molar-refractivity contribution in [3.8, 4) is 0 Å². The molecule has 0 amide bonds. The van der Waals surface area contributed by atoms with Crippen LogP contribution in [0.25, 0.3) is 0 Å². The van der Waals surface area contributed by atoms with Gasteiger partial charge in [-0.2, -0.15) is 0 Å². The van der Waals surface area contributed by atoms with Gasteiger partial charge in [0, 0.05) is 11.6 Å². The molecule has 0 radical (unpaired) electrons. The first-order valence-corrected chi connectivity index (χ1v) is 6.33. The minimum atomic E-state index is -0.423. The van der Waals surface area contributed by atoms with Gasteiger partial charge in [-0.3, -0.25) is 0 Å². The molecule has 1 N–H and O–H groups in total. The van der Waals surface area contributed by atoms with Crippen molar-refractivity contribution in [2.45, 2.75) is 39.2 Å². The maximum Gasteiger partial charge on any atom is 0.133 e. The molecule has 0 aromatic heterocycles. The summed E-state index contributed by atoms with van der Waals surface area (Å²) < 4.78 is 27.9. The van der Waals surface area contributed by atoms with E-state index in [1.807, 2.05) is 0 Å². The Hall–Kier alpha value is -0.960. The Bertz CT molecular complexity index is 399. The van der Waals surface area contributed by atoms with Gasteiger partial charge in [0.25, 0.3) is 0 Å². The molecule has 1 aromatic rings. The van der Waals surface area contributed by atoms with Crippen molar-refractivity contribution in [1.82, 2.24) is 5.32 Å². The van der Waals surface area contributed by atoms with E-state index in [2.05, 4.69) is 12.2 Å². The molecule has 0 heterocycles. The second-order valence-electron chi connectivity index (χ2n) is 4.86. The van der Waals surface area contributed by atoms with Gasteiger partial charge >= 0.3 is 0 Å². The van der Waals surface area contributed by atoms with E-state index in [4.69, 9.17) is 0 Å². The number of nitrogens with one attached hydrogen (secondary N) is 1. The van der Waals surface area contributed by atoms with E-state index in [0.717, 1.165) is 25.8 Å². The highest BCUT2D eigenvalue weighted by Gasteiger charge is 2.35. The van der Waals surface area contributed by atoms with Crippen LogP contribution in [0, 0.1) is 24.5 Å². The van der Waals surface area contributed by atoms with Crippen LogP contribution in [-0.4, -0.2) is 6.54 Å². The van der Waals surface area contributed by atoms with Crippen LogP contribution in [0.15, 0.2) is 12.1 Å². The molecule has 1 saturated carbocycles. The van der Waals surface area contributed by atoms with Gasteiger partial charge in [-0.1, -0.05) is 13.0 Å². The molecule has 1 atom stereocenters. The Labute approximate surface area is 101 Å². The van der Waals surface area contributed by atoms with Gasteiger partial charge in [-0.15, -0.1) is 0 Å². The lowest BCUT2D eigenvalue weighted by molar-refractivity contribution is 0.430. The molecule has 3 heteroatoms. The van der Waals surface area contributed by atoms with Crippen LogP contribution in [0.2, 0.25) is 0 Å². The molecule has 0 spiro atoms. The summed E-state index contributed by atoms with van der Waals surface area (Å²) >= 11 is 0. The normalized spacial score (nSPS) is 17.2. The molecule has 1 unspecified atom stereocenters. The summed E-state index contributed by atoms with van der Waals surface area (Å²) in [5, 5.41) is 3.28. The first-order chi connectivity index (χ1) is 8.15. The van der Waals surface area contributed by atoms with E-state index in [-0.39, 0.29) is 17.4 Å². The zero-order chi connectivity index (χ0) is 12.4. The number of benzene rings is 1. The zero-order valence-electron chi connectivity index (χ0n) is 10.4. The van der Waals surface area contributed by atoms with Crippen molar-refractivity contribution in [1.29, 1.82) is 0 Å². The first-order valence-electron chi connectivity index (χ1n) is 6.33. The average Bonchev–Trinajstić information content (AvgIpc) is 3.12. The van der Waals surface area contributed by atoms with Gasteiger partial charge in [-0.25, -0.2) is 8.78 Å². The minimum Gasteiger partial charge on any atom is -0.310 e. The summed E-state index contributed by atoms with van der Waals surface area (Å²) in [5.41, 5.74) is 0.756. The molecule has 0 aliphatic heterocycles. The van der Waals surface area contributed by atoms with Crippen LogP contribution >= 0.6 is 0 Å². The monoisotopic (exact) mass is 239 g/mol. The van der Waals surface area contributed by atoms with E-state index in [1.165, 1.54) is 12.1 Å². The summed E-state index contributed by atoms with van der Waals surface area (Å²) in [6.45, 7) is 4.54. The Morgan fingerprint density at radius 3 is 2.65 bits per heavy atom. The Morgan fingerprint density at radius 2 is 2.06 bits per heavy atom. The molecule has 1 aromatic carbocycles. The van der Waals surface area contributed by atoms with E-state index >= 15 is 0 Å². The SMILES string of the molecule is CCCNC(c1c(F)ccc(C)c1F)C1CC1. The summed E-state index contributed by atoms with van der Waals surface area (Å²) in [6, 6.07) is 2.71. The predicted molar refractivity (Wildman–Crippen MR) is 64.9 cm³/mol. The second-order valence-corrected chi connectivity index (χ2v) is 4.86. The molecule has 2 rings (SSSR count). The molecular formula is C14H19F2N. The third-order valence-corrected chi connectivity index (χ3v) is 3.34. The van der Waals surface area contributed by atoms with Gasteiger partial charge in [0.15, 0.2) is 0 Å². The van der Waals surface area contributed by atoms with Crippen molar-refractivity contribution in [3.63, 3.8) is 0 Å². The third-order valence-electron chi connectivity index (χ3n) is 3.34. The van der Waals surface area contributed by atoms with Crippen LogP contribution in [0.3, 0.4) is 0 Å². The van der Waals surface area contributed by atoms with Gasteiger partial charge in [0.05, 0.1) is 0 Å². The maximum atomic E-state index is 14.0. The van der Waals surface area contributed by atoms with Crippen LogP contribution in [0.1, 0.15) is 43.4 Å². The fourth-order valence-electron chi connectivity index (χ4n) is 2.20. The van der Waals surface area contributed by atoms with Gasteiger partial charge in [0.2, 0.25) is 0 Å². The highest BCUT2D eigenvalue weighted by molar-refractivity contribution is 5.30. The van der Waals surface area contributed by atoms with Crippen molar-refractivity contribution >= 4 is 0 Å². The molecule has 0 bridgehead atoms. The topological polar surface area (TPSA) is 12.0 Å². The summed E-state index contributed by atoms with van der Waals surface area (Å²) in [4.78, 5) is 0. The lowest BCUT2D eigenvalue weighted by atomic mass is 9.98. The van der Waals surface area contributed by atoms with E-state index < -0.39 is 5.82 Å². The smallest absolute Gasteiger partial charge is 0.133 e. The van der Waals surface area contributed by atoms with Gasteiger partial charge in [-0.05, 0) is 50.3 Å². The predicted octanol–water partition coefficient (Wildman–Crippen LogP) is 3.72. The molecule has 94 valence electrons. The Morgan fingerprint density at radius 1 is 1.35 bits per heavy atom. The Balaban J connectivity index is 2.31. The highest BCUT2D eigenvalue weighted by atomic mass is 19.1. The number of hydrogen-bond donors (Lipinski definition) is 1. The van der Waals surface area contributed by atoms with Gasteiger partial charge < -0.3 is 5.32 Å². The maximum absolute atomic E-state index is 14.0. The quantitative estimate of drug-likeness (QED) is 0.825. The molecule has 1 nitrogen and oxygen atoms in total. The standard InChI is InChI=1S/C14H19F2N/c1-3-8-17-14(10-5-6-10)12-11(15)7-4-9(2)13(12)16/h4,7,10,14,17H,3,5-6,8H2,1-2H3. The number of hydrogen-bond acceptors (Lipinski definition) is 1. The lowest BCUT2D eigenvalue weighted by Crippen LogP contribution is -2.26. The van der Waals surface area contributed by atoms with Crippen LogP contribution in [-0.2, 0) is 0 Å². The van der Waals surface area contributed by atoms with Crippen molar-refractivity contribution in [2.24, 2.45) is 5.92 Å². The number of aryl methyl sites for hydroxylation is 1. The minimum absolute atomic E-state index is 0.158. The Kier molecular flexibility index (Phi) is 3.77. The number of halogens is 2. The van der Waals surface area contributed by atoms with E-state index in [9.17, 15) is 8.78 Å². The second kappa shape index (κ2) is 5.13. The fourth-order valence-corrected chi connectivity index (χ4v) is 2.20. The molecule has 17 heavy (non-hydrogen) atoms. The van der Waals surface area contributed by atoms with Crippen LogP contribution in [0.5, 0.6) is 0 Å². The third kappa shape index (κ3) is 2.65. The van der Waals surface area contributed by atoms with E-state index in [0.29, 0.717) is 11.5 Å². The summed E-state index contributed by atoms with van der Waals surface area (Å²) in [6.07, 6.45) is 3.10. The number of rotatable bonds is 5. The van der Waals surface area contributed by atoms with Crippen molar-refractivity contribution < 1.29 is 8.78 Å². The molecule has 1 aliphatic carbocycles. The van der Waals surface area contributed by atoms with Crippen LogP contribution < -0.4 is 5.32 Å². The summed E-state index contributed by atoms with van der Waals surface area (Å²) in [5.74, 6) is -0.411. The molecule has 0 saturated heterocycles. The largest absolute Gasteiger partial charge is 0.310 e. The van der Waals surface area contributed by atoms with Crippen molar-refractivity contribution in [2.75, 3.05) is 6.54 Å². The summed E-state index contributed by atoms with van der Waals surface area (Å²) in [7, 11) is 0.